The number of aromatic nitrogens is 1. The predicted octanol–water partition coefficient (Wildman–Crippen LogP) is 4.87. The van der Waals surface area contributed by atoms with Gasteiger partial charge in [-0.3, -0.25) is 0 Å². The van der Waals surface area contributed by atoms with Crippen LogP contribution in [0.3, 0.4) is 0 Å². The van der Waals surface area contributed by atoms with E-state index in [2.05, 4.69) is 76.9 Å². The highest BCUT2D eigenvalue weighted by Gasteiger charge is 2.40. The molecule has 0 unspecified atom stereocenters. The lowest BCUT2D eigenvalue weighted by atomic mass is 9.86. The molecule has 3 rings (SSSR count). The summed E-state index contributed by atoms with van der Waals surface area (Å²) in [5.41, 5.74) is 4.45. The third-order valence-electron chi connectivity index (χ3n) is 4.89. The fraction of sp³-hybridized carbons (Fsp3) is 0.389. The van der Waals surface area contributed by atoms with Crippen LogP contribution in [0.4, 0.5) is 0 Å². The van der Waals surface area contributed by atoms with Crippen molar-refractivity contribution < 1.29 is 4.57 Å². The molecule has 0 N–H and O–H groups in total. The third-order valence-corrected chi connectivity index (χ3v) is 5.39. The third kappa shape index (κ3) is 2.10. The molecule has 0 aliphatic carbocycles. The van der Waals surface area contributed by atoms with E-state index < -0.39 is 0 Å². The average Bonchev–Trinajstić information content (AvgIpc) is 2.63. The number of hydrogen-bond donors (Lipinski definition) is 0. The van der Waals surface area contributed by atoms with Crippen LogP contribution in [0.5, 0.6) is 0 Å². The number of rotatable bonds is 2. The Morgan fingerprint density at radius 1 is 1.15 bits per heavy atom. The van der Waals surface area contributed by atoms with Crippen molar-refractivity contribution in [1.29, 1.82) is 0 Å². The predicted molar refractivity (Wildman–Crippen MR) is 86.7 cm³/mol. The van der Waals surface area contributed by atoms with E-state index in [0.29, 0.717) is 0 Å². The molecular formula is C18H21BrN+. The van der Waals surface area contributed by atoms with Gasteiger partial charge < -0.3 is 0 Å². The standard InChI is InChI=1S/C18H21BrN/c1-3-18(4-2)11-10-14-8-9-15(19)13-16(14)17-7-5-6-12-20(17)18/h5-9,12-13H,3-4,10-11H2,1-2H3/q+1. The Bertz CT molecular complexity index is 629. The largest absolute Gasteiger partial charge is 0.213 e. The zero-order chi connectivity index (χ0) is 14.2. The number of aryl methyl sites for hydroxylation is 1. The monoisotopic (exact) mass is 330 g/mol. The van der Waals surface area contributed by atoms with Crippen molar-refractivity contribution in [3.8, 4) is 11.3 Å². The molecule has 0 saturated heterocycles. The molecule has 0 saturated carbocycles. The summed E-state index contributed by atoms with van der Waals surface area (Å²) in [6.07, 6.45) is 7.00. The maximum Gasteiger partial charge on any atom is 0.213 e. The van der Waals surface area contributed by atoms with Gasteiger partial charge in [0.05, 0.1) is 5.56 Å². The minimum atomic E-state index is 0.252. The number of nitrogens with zero attached hydrogens (tertiary/aromatic N) is 1. The van der Waals surface area contributed by atoms with Crippen LogP contribution in [0.2, 0.25) is 0 Å². The first-order valence-corrected chi connectivity index (χ1v) is 8.29. The Morgan fingerprint density at radius 2 is 1.95 bits per heavy atom. The molecule has 1 aliphatic heterocycles. The molecule has 1 aliphatic rings. The summed E-state index contributed by atoms with van der Waals surface area (Å²) in [6.45, 7) is 4.64. The summed E-state index contributed by atoms with van der Waals surface area (Å²) >= 11 is 3.62. The molecule has 1 nitrogen and oxygen atoms in total. The molecule has 1 aromatic carbocycles. The highest BCUT2D eigenvalue weighted by molar-refractivity contribution is 9.10. The molecule has 20 heavy (non-hydrogen) atoms. The molecule has 2 heteroatoms. The Morgan fingerprint density at radius 3 is 2.70 bits per heavy atom. The van der Waals surface area contributed by atoms with Crippen molar-refractivity contribution in [3.05, 3.63) is 52.6 Å². The average molecular weight is 331 g/mol. The summed E-state index contributed by atoms with van der Waals surface area (Å²) < 4.78 is 3.68. The zero-order valence-electron chi connectivity index (χ0n) is 12.2. The zero-order valence-corrected chi connectivity index (χ0v) is 13.8. The lowest BCUT2D eigenvalue weighted by molar-refractivity contribution is -0.757. The molecule has 0 bridgehead atoms. The molecule has 2 aromatic rings. The second kappa shape index (κ2) is 5.33. The van der Waals surface area contributed by atoms with Crippen LogP contribution >= 0.6 is 15.9 Å². The second-order valence-electron chi connectivity index (χ2n) is 5.69. The van der Waals surface area contributed by atoms with Crippen molar-refractivity contribution >= 4 is 15.9 Å². The Hall–Kier alpha value is -1.15. The SMILES string of the molecule is CCC1(CC)CCc2ccc(Br)cc2-c2cccc[n+]21. The number of hydrogen-bond acceptors (Lipinski definition) is 0. The molecule has 0 radical (unpaired) electrons. The minimum Gasteiger partial charge on any atom is -0.193 e. The summed E-state index contributed by atoms with van der Waals surface area (Å²) in [5.74, 6) is 0. The van der Waals surface area contributed by atoms with Crippen LogP contribution < -0.4 is 4.57 Å². The Labute approximate surface area is 129 Å². The highest BCUT2D eigenvalue weighted by atomic mass is 79.9. The van der Waals surface area contributed by atoms with Gasteiger partial charge in [-0.25, -0.2) is 0 Å². The van der Waals surface area contributed by atoms with E-state index in [1.165, 1.54) is 36.1 Å². The fourth-order valence-corrected chi connectivity index (χ4v) is 3.87. The van der Waals surface area contributed by atoms with Crippen LogP contribution in [-0.2, 0) is 12.0 Å². The Balaban J connectivity index is 2.29. The quantitative estimate of drug-likeness (QED) is 0.692. The molecule has 104 valence electrons. The van der Waals surface area contributed by atoms with Gasteiger partial charge in [-0.1, -0.05) is 35.8 Å². The van der Waals surface area contributed by atoms with E-state index in [4.69, 9.17) is 0 Å². The smallest absolute Gasteiger partial charge is 0.193 e. The first-order chi connectivity index (χ1) is 9.70. The van der Waals surface area contributed by atoms with Gasteiger partial charge in [0.2, 0.25) is 5.69 Å². The topological polar surface area (TPSA) is 3.88 Å². The van der Waals surface area contributed by atoms with Crippen LogP contribution in [-0.4, -0.2) is 0 Å². The number of benzene rings is 1. The first kappa shape index (κ1) is 13.8. The highest BCUT2D eigenvalue weighted by Crippen LogP contribution is 2.35. The molecule has 0 amide bonds. The molecule has 0 fully saturated rings. The van der Waals surface area contributed by atoms with Gasteiger partial charge in [0, 0.05) is 35.9 Å². The van der Waals surface area contributed by atoms with E-state index in [1.807, 2.05) is 0 Å². The molecular weight excluding hydrogens is 310 g/mol. The number of pyridine rings is 1. The molecule has 2 heterocycles. The summed E-state index contributed by atoms with van der Waals surface area (Å²) in [4.78, 5) is 0. The van der Waals surface area contributed by atoms with Gasteiger partial charge in [-0.2, -0.15) is 4.57 Å². The lowest BCUT2D eigenvalue weighted by Gasteiger charge is -2.26. The first-order valence-electron chi connectivity index (χ1n) is 7.50. The summed E-state index contributed by atoms with van der Waals surface area (Å²) in [7, 11) is 0. The summed E-state index contributed by atoms with van der Waals surface area (Å²) in [6, 6.07) is 13.3. The normalized spacial score (nSPS) is 16.1. The van der Waals surface area contributed by atoms with Gasteiger partial charge in [0.25, 0.3) is 0 Å². The van der Waals surface area contributed by atoms with Gasteiger partial charge in [-0.15, -0.1) is 0 Å². The van der Waals surface area contributed by atoms with Crippen molar-refractivity contribution in [1.82, 2.24) is 0 Å². The number of fused-ring (bicyclic) bond motifs is 3. The van der Waals surface area contributed by atoms with Crippen molar-refractivity contribution in [2.75, 3.05) is 0 Å². The van der Waals surface area contributed by atoms with Crippen molar-refractivity contribution in [2.24, 2.45) is 0 Å². The molecule has 0 spiro atoms. The minimum absolute atomic E-state index is 0.252. The maximum atomic E-state index is 3.62. The van der Waals surface area contributed by atoms with Crippen LogP contribution in [0.1, 0.15) is 38.7 Å². The van der Waals surface area contributed by atoms with E-state index in [0.717, 1.165) is 10.9 Å². The molecule has 1 aromatic heterocycles. The maximum absolute atomic E-state index is 3.62. The lowest BCUT2D eigenvalue weighted by Crippen LogP contribution is -2.56. The van der Waals surface area contributed by atoms with E-state index >= 15 is 0 Å². The van der Waals surface area contributed by atoms with Crippen molar-refractivity contribution in [3.63, 3.8) is 0 Å². The Kier molecular flexibility index (Phi) is 3.68. The fourth-order valence-electron chi connectivity index (χ4n) is 3.51. The van der Waals surface area contributed by atoms with E-state index in [1.54, 1.807) is 0 Å². The van der Waals surface area contributed by atoms with E-state index in [-0.39, 0.29) is 5.54 Å². The van der Waals surface area contributed by atoms with Gasteiger partial charge in [-0.05, 0) is 30.2 Å². The van der Waals surface area contributed by atoms with E-state index in [9.17, 15) is 0 Å². The van der Waals surface area contributed by atoms with Crippen molar-refractivity contribution in [2.45, 2.75) is 45.1 Å². The van der Waals surface area contributed by atoms with Gasteiger partial charge in [0.15, 0.2) is 11.7 Å². The van der Waals surface area contributed by atoms with Gasteiger partial charge in [0.1, 0.15) is 0 Å². The molecule has 0 atom stereocenters. The second-order valence-corrected chi connectivity index (χ2v) is 6.60. The van der Waals surface area contributed by atoms with Crippen LogP contribution in [0, 0.1) is 0 Å². The van der Waals surface area contributed by atoms with Gasteiger partial charge >= 0.3 is 0 Å². The van der Waals surface area contributed by atoms with Crippen LogP contribution in [0.25, 0.3) is 11.3 Å². The van der Waals surface area contributed by atoms with Crippen LogP contribution in [0.15, 0.2) is 47.1 Å². The summed E-state index contributed by atoms with van der Waals surface area (Å²) in [5, 5.41) is 0. The number of halogens is 1.